The van der Waals surface area contributed by atoms with Crippen LogP contribution in [-0.2, 0) is 14.3 Å². The van der Waals surface area contributed by atoms with Gasteiger partial charge in [-0.15, -0.1) is 0 Å². The number of carbonyl (C=O) groups is 1. The van der Waals surface area contributed by atoms with E-state index in [2.05, 4.69) is 40.0 Å². The summed E-state index contributed by atoms with van der Waals surface area (Å²) in [6.07, 6.45) is 0.927. The highest BCUT2D eigenvalue weighted by Crippen LogP contribution is 2.15. The SMILES string of the molecule is CCNC(=NCC(=O)NCCOC)NCCCOC(C)c1ccccc1. The van der Waals surface area contributed by atoms with Crippen molar-refractivity contribution >= 4 is 11.9 Å². The van der Waals surface area contributed by atoms with Gasteiger partial charge in [0.2, 0.25) is 5.91 Å². The lowest BCUT2D eigenvalue weighted by atomic mass is 10.1. The molecule has 0 saturated carbocycles. The molecule has 0 bridgehead atoms. The topological polar surface area (TPSA) is 84.0 Å². The molecule has 1 rings (SSSR count). The highest BCUT2D eigenvalue weighted by atomic mass is 16.5. The average molecular weight is 364 g/mol. The van der Waals surface area contributed by atoms with Crippen molar-refractivity contribution in [2.24, 2.45) is 4.99 Å². The predicted molar refractivity (Wildman–Crippen MR) is 104 cm³/mol. The fourth-order valence-electron chi connectivity index (χ4n) is 2.20. The van der Waals surface area contributed by atoms with Crippen LogP contribution in [0.1, 0.15) is 31.9 Å². The predicted octanol–water partition coefficient (Wildman–Crippen LogP) is 1.47. The number of amides is 1. The van der Waals surface area contributed by atoms with Crippen molar-refractivity contribution < 1.29 is 14.3 Å². The van der Waals surface area contributed by atoms with Crippen LogP contribution in [0.5, 0.6) is 0 Å². The van der Waals surface area contributed by atoms with Gasteiger partial charge in [-0.3, -0.25) is 4.79 Å². The minimum absolute atomic E-state index is 0.0777. The third kappa shape index (κ3) is 10.0. The standard InChI is InChI=1S/C19H32N4O3/c1-4-20-19(23-15-18(24)21-12-14-25-3)22-11-8-13-26-16(2)17-9-6-5-7-10-17/h5-7,9-10,16H,4,8,11-15H2,1-3H3,(H,21,24)(H2,20,22,23). The second kappa shape index (κ2) is 14.1. The molecule has 3 N–H and O–H groups in total. The van der Waals surface area contributed by atoms with Gasteiger partial charge in [-0.1, -0.05) is 30.3 Å². The Morgan fingerprint density at radius 3 is 2.58 bits per heavy atom. The fraction of sp³-hybridized carbons (Fsp3) is 0.579. The number of hydrogen-bond donors (Lipinski definition) is 3. The molecule has 0 aliphatic rings. The maximum atomic E-state index is 11.7. The summed E-state index contributed by atoms with van der Waals surface area (Å²) in [6, 6.07) is 10.2. The largest absolute Gasteiger partial charge is 0.383 e. The van der Waals surface area contributed by atoms with E-state index in [0.717, 1.165) is 19.5 Å². The molecule has 7 nitrogen and oxygen atoms in total. The van der Waals surface area contributed by atoms with Crippen LogP contribution >= 0.6 is 0 Å². The van der Waals surface area contributed by atoms with Gasteiger partial charge in [0, 0.05) is 33.4 Å². The Labute approximate surface area is 156 Å². The molecule has 0 spiro atoms. The van der Waals surface area contributed by atoms with Crippen molar-refractivity contribution in [1.29, 1.82) is 0 Å². The average Bonchev–Trinajstić information content (AvgIpc) is 2.66. The molecule has 1 atom stereocenters. The van der Waals surface area contributed by atoms with Crippen LogP contribution in [0, 0.1) is 0 Å². The molecule has 1 aromatic rings. The van der Waals surface area contributed by atoms with Crippen LogP contribution in [0.4, 0.5) is 0 Å². The van der Waals surface area contributed by atoms with Crippen molar-refractivity contribution in [3.05, 3.63) is 35.9 Å². The maximum Gasteiger partial charge on any atom is 0.241 e. The Kier molecular flexibility index (Phi) is 11.9. The van der Waals surface area contributed by atoms with Crippen molar-refractivity contribution in [3.63, 3.8) is 0 Å². The highest BCUT2D eigenvalue weighted by molar-refractivity contribution is 5.84. The maximum absolute atomic E-state index is 11.7. The van der Waals surface area contributed by atoms with Gasteiger partial charge in [0.25, 0.3) is 0 Å². The zero-order valence-electron chi connectivity index (χ0n) is 16.1. The second-order valence-electron chi connectivity index (χ2n) is 5.74. The van der Waals surface area contributed by atoms with Crippen LogP contribution in [0.15, 0.2) is 35.3 Å². The quantitative estimate of drug-likeness (QED) is 0.297. The molecular weight excluding hydrogens is 332 g/mol. The van der Waals surface area contributed by atoms with E-state index < -0.39 is 0 Å². The van der Waals surface area contributed by atoms with Crippen LogP contribution in [0.25, 0.3) is 0 Å². The summed E-state index contributed by atoms with van der Waals surface area (Å²) < 4.78 is 10.7. The minimum atomic E-state index is -0.126. The number of carbonyl (C=O) groups excluding carboxylic acids is 1. The number of aliphatic imine (C=N–C) groups is 1. The first kappa shape index (κ1) is 21.9. The van der Waals surface area contributed by atoms with E-state index in [1.54, 1.807) is 7.11 Å². The molecule has 0 aliphatic carbocycles. The zero-order valence-corrected chi connectivity index (χ0v) is 16.1. The normalized spacial score (nSPS) is 12.5. The smallest absolute Gasteiger partial charge is 0.241 e. The van der Waals surface area contributed by atoms with Gasteiger partial charge in [0.1, 0.15) is 6.54 Å². The molecular formula is C19H32N4O3. The number of rotatable bonds is 12. The van der Waals surface area contributed by atoms with E-state index in [0.29, 0.717) is 25.7 Å². The molecule has 1 amide bonds. The zero-order chi connectivity index (χ0) is 19.0. The third-order valence-electron chi connectivity index (χ3n) is 3.60. The molecule has 0 heterocycles. The number of benzene rings is 1. The first-order valence-electron chi connectivity index (χ1n) is 9.11. The first-order chi connectivity index (χ1) is 12.7. The Morgan fingerprint density at radius 1 is 1.12 bits per heavy atom. The summed E-state index contributed by atoms with van der Waals surface area (Å²) in [5, 5.41) is 9.07. The molecule has 0 fully saturated rings. The summed E-state index contributed by atoms with van der Waals surface area (Å²) in [4.78, 5) is 15.9. The second-order valence-corrected chi connectivity index (χ2v) is 5.74. The van der Waals surface area contributed by atoms with E-state index in [-0.39, 0.29) is 18.6 Å². The lowest BCUT2D eigenvalue weighted by Crippen LogP contribution is -2.39. The van der Waals surface area contributed by atoms with Gasteiger partial charge in [-0.05, 0) is 25.8 Å². The van der Waals surface area contributed by atoms with Crippen molar-refractivity contribution in [1.82, 2.24) is 16.0 Å². The number of hydrogen-bond acceptors (Lipinski definition) is 4. The molecule has 1 aromatic carbocycles. The third-order valence-corrected chi connectivity index (χ3v) is 3.60. The van der Waals surface area contributed by atoms with Crippen LogP contribution in [0.2, 0.25) is 0 Å². The molecule has 0 aromatic heterocycles. The number of nitrogens with one attached hydrogen (secondary N) is 3. The van der Waals surface area contributed by atoms with Gasteiger partial charge >= 0.3 is 0 Å². The van der Waals surface area contributed by atoms with Gasteiger partial charge in [-0.2, -0.15) is 0 Å². The lowest BCUT2D eigenvalue weighted by Gasteiger charge is -2.14. The Bertz CT molecular complexity index is 523. The molecule has 0 saturated heterocycles. The van der Waals surface area contributed by atoms with Gasteiger partial charge < -0.3 is 25.4 Å². The summed E-state index contributed by atoms with van der Waals surface area (Å²) in [7, 11) is 1.60. The summed E-state index contributed by atoms with van der Waals surface area (Å²) in [5.74, 6) is 0.504. The van der Waals surface area contributed by atoms with Crippen LogP contribution in [0.3, 0.4) is 0 Å². The monoisotopic (exact) mass is 364 g/mol. The van der Waals surface area contributed by atoms with E-state index in [4.69, 9.17) is 9.47 Å². The number of ether oxygens (including phenoxy) is 2. The van der Waals surface area contributed by atoms with Gasteiger partial charge in [-0.25, -0.2) is 4.99 Å². The van der Waals surface area contributed by atoms with E-state index in [9.17, 15) is 4.79 Å². The van der Waals surface area contributed by atoms with Crippen LogP contribution < -0.4 is 16.0 Å². The highest BCUT2D eigenvalue weighted by Gasteiger charge is 2.05. The Morgan fingerprint density at radius 2 is 1.88 bits per heavy atom. The van der Waals surface area contributed by atoms with Crippen molar-refractivity contribution in [3.8, 4) is 0 Å². The van der Waals surface area contributed by atoms with E-state index >= 15 is 0 Å². The summed E-state index contributed by atoms with van der Waals surface area (Å²) in [5.41, 5.74) is 1.18. The number of nitrogens with zero attached hydrogens (tertiary/aromatic N) is 1. The van der Waals surface area contributed by atoms with Gasteiger partial charge in [0.15, 0.2) is 5.96 Å². The molecule has 7 heteroatoms. The van der Waals surface area contributed by atoms with E-state index in [1.165, 1.54) is 5.56 Å². The molecule has 26 heavy (non-hydrogen) atoms. The van der Waals surface area contributed by atoms with Crippen LogP contribution in [-0.4, -0.2) is 58.4 Å². The first-order valence-corrected chi connectivity index (χ1v) is 9.11. The van der Waals surface area contributed by atoms with Gasteiger partial charge in [0.05, 0.1) is 12.7 Å². The molecule has 0 radical (unpaired) electrons. The minimum Gasteiger partial charge on any atom is -0.383 e. The van der Waals surface area contributed by atoms with E-state index in [1.807, 2.05) is 25.1 Å². The molecule has 1 unspecified atom stereocenters. The summed E-state index contributed by atoms with van der Waals surface area (Å²) >= 11 is 0. The number of guanidine groups is 1. The van der Waals surface area contributed by atoms with Crippen molar-refractivity contribution in [2.45, 2.75) is 26.4 Å². The van der Waals surface area contributed by atoms with Crippen molar-refractivity contribution in [2.75, 3.05) is 46.5 Å². The Hall–Kier alpha value is -2.12. The number of methoxy groups -OCH3 is 1. The lowest BCUT2D eigenvalue weighted by molar-refractivity contribution is -0.119. The fourth-order valence-corrected chi connectivity index (χ4v) is 2.20. The Balaban J connectivity index is 2.23. The molecule has 146 valence electrons. The summed E-state index contributed by atoms with van der Waals surface area (Å²) in [6.45, 7) is 7.22. The molecule has 0 aliphatic heterocycles.